The van der Waals surface area contributed by atoms with Gasteiger partial charge < -0.3 is 35.2 Å². The Kier molecular flexibility index (Phi) is 13.6. The van der Waals surface area contributed by atoms with Crippen LogP contribution in [-0.2, 0) is 23.9 Å². The quantitative estimate of drug-likeness (QED) is 0.187. The van der Waals surface area contributed by atoms with Gasteiger partial charge in [0.15, 0.2) is 11.4 Å². The van der Waals surface area contributed by atoms with Crippen LogP contribution >= 0.6 is 0 Å². The minimum absolute atomic E-state index is 0.0613. The number of fused-ring (bicyclic) bond motifs is 5. The predicted molar refractivity (Wildman–Crippen MR) is 201 cm³/mol. The van der Waals surface area contributed by atoms with Crippen molar-refractivity contribution < 1.29 is 44.3 Å². The molecule has 0 spiro atoms. The Hall–Kier alpha value is -1.89. The first-order valence-electron chi connectivity index (χ1n) is 20.8. The molecule has 5 rings (SSSR count). The first-order valence-corrected chi connectivity index (χ1v) is 20.8. The summed E-state index contributed by atoms with van der Waals surface area (Å²) in [6.07, 6.45) is 5.80. The maximum absolute atomic E-state index is 14.3. The summed E-state index contributed by atoms with van der Waals surface area (Å²) in [5, 5.41) is 48.4. The molecule has 0 bridgehead atoms. The number of nitrogens with one attached hydrogen (secondary N) is 1. The van der Waals surface area contributed by atoms with Crippen LogP contribution in [0.5, 0.6) is 0 Å². The van der Waals surface area contributed by atoms with Gasteiger partial charge in [-0.15, -0.1) is 0 Å². The van der Waals surface area contributed by atoms with Gasteiger partial charge in [0.1, 0.15) is 12.2 Å². The van der Waals surface area contributed by atoms with Crippen LogP contribution in [0.4, 0.5) is 0 Å². The number of nitrogens with zero attached hydrogens (tertiary/aromatic N) is 1. The number of esters is 1. The third kappa shape index (κ3) is 8.18. The summed E-state index contributed by atoms with van der Waals surface area (Å²) in [7, 11) is 1.62. The van der Waals surface area contributed by atoms with Gasteiger partial charge in [0.2, 0.25) is 0 Å². The summed E-state index contributed by atoms with van der Waals surface area (Å²) in [6.45, 7) is 13.4. The molecule has 53 heavy (non-hydrogen) atoms. The second kappa shape index (κ2) is 17.1. The summed E-state index contributed by atoms with van der Waals surface area (Å²) in [4.78, 5) is 41.6. The molecule has 1 saturated heterocycles. The lowest BCUT2D eigenvalue weighted by molar-refractivity contribution is -0.189. The van der Waals surface area contributed by atoms with Crippen molar-refractivity contribution in [3.05, 3.63) is 11.6 Å². The highest BCUT2D eigenvalue weighted by atomic mass is 16.6. The van der Waals surface area contributed by atoms with Gasteiger partial charge in [0, 0.05) is 38.1 Å². The SMILES string of the molecule is CC[C@H]1OC(=O)[C@H](C)C[C@H](C)C[C@H](O)CCCN(CCCNC(=O)[C@@]2(OC)CCC3C4CCC5=CC(=O)CC[C@]5(C)C4[C@@H](O)C[C@@]32C)[C@H](C)[C@@H](O)[C@@H]1O. The predicted octanol–water partition coefficient (Wildman–Crippen LogP) is 4.32. The maximum atomic E-state index is 14.3. The van der Waals surface area contributed by atoms with Crippen LogP contribution < -0.4 is 5.32 Å². The molecule has 0 aromatic carbocycles. The van der Waals surface area contributed by atoms with Crippen molar-refractivity contribution in [2.24, 2.45) is 40.4 Å². The van der Waals surface area contributed by atoms with Crippen LogP contribution in [0.15, 0.2) is 11.6 Å². The third-order valence-corrected chi connectivity index (χ3v) is 14.9. The molecule has 4 aliphatic carbocycles. The molecule has 1 heterocycles. The summed E-state index contributed by atoms with van der Waals surface area (Å²) in [5.41, 5.74) is -0.629. The fraction of sp³-hybridized carbons (Fsp3) is 0.881. The minimum Gasteiger partial charge on any atom is -0.459 e. The number of allylic oxidation sites excluding steroid dienone is 1. The number of ketones is 1. The van der Waals surface area contributed by atoms with E-state index in [1.165, 1.54) is 5.57 Å². The Balaban J connectivity index is 1.25. The van der Waals surface area contributed by atoms with Crippen molar-refractivity contribution in [1.29, 1.82) is 0 Å². The van der Waals surface area contributed by atoms with E-state index in [1.54, 1.807) is 14.0 Å². The molecule has 1 aliphatic heterocycles. The molecular weight excluding hydrogens is 676 g/mol. The van der Waals surface area contributed by atoms with Gasteiger partial charge in [-0.2, -0.15) is 0 Å². The smallest absolute Gasteiger partial charge is 0.309 e. The lowest BCUT2D eigenvalue weighted by Gasteiger charge is -2.60. The average Bonchev–Trinajstić information content (AvgIpc) is 3.42. The fourth-order valence-corrected chi connectivity index (χ4v) is 11.9. The number of ether oxygens (including phenoxy) is 2. The zero-order valence-electron chi connectivity index (χ0n) is 33.5. The Morgan fingerprint density at radius 3 is 2.45 bits per heavy atom. The molecular formula is C42H70N2O9. The molecule has 0 aromatic rings. The Labute approximate surface area is 317 Å². The van der Waals surface area contributed by atoms with Crippen molar-refractivity contribution >= 4 is 17.7 Å². The number of hydrogen-bond acceptors (Lipinski definition) is 10. The summed E-state index contributed by atoms with van der Waals surface area (Å²) >= 11 is 0. The highest BCUT2D eigenvalue weighted by Gasteiger charge is 2.69. The van der Waals surface area contributed by atoms with E-state index >= 15 is 0 Å². The van der Waals surface area contributed by atoms with Crippen molar-refractivity contribution in [1.82, 2.24) is 10.2 Å². The van der Waals surface area contributed by atoms with Crippen molar-refractivity contribution in [2.45, 2.75) is 167 Å². The molecule has 5 N–H and O–H groups in total. The van der Waals surface area contributed by atoms with Gasteiger partial charge in [-0.3, -0.25) is 19.3 Å². The van der Waals surface area contributed by atoms with Gasteiger partial charge in [0.25, 0.3) is 5.91 Å². The van der Waals surface area contributed by atoms with Crippen LogP contribution in [0, 0.1) is 40.4 Å². The van der Waals surface area contributed by atoms with Gasteiger partial charge in [-0.25, -0.2) is 0 Å². The lowest BCUT2D eigenvalue weighted by atomic mass is 9.45. The Morgan fingerprint density at radius 1 is 1.02 bits per heavy atom. The molecule has 0 aromatic heterocycles. The van der Waals surface area contributed by atoms with E-state index in [4.69, 9.17) is 9.47 Å². The van der Waals surface area contributed by atoms with Crippen LogP contribution in [0.1, 0.15) is 125 Å². The zero-order chi connectivity index (χ0) is 38.9. The van der Waals surface area contributed by atoms with Gasteiger partial charge >= 0.3 is 5.97 Å². The van der Waals surface area contributed by atoms with Gasteiger partial charge in [-0.05, 0) is 126 Å². The van der Waals surface area contributed by atoms with E-state index in [0.717, 1.165) is 25.7 Å². The normalized spacial score (nSPS) is 44.7. The van der Waals surface area contributed by atoms with Crippen molar-refractivity contribution in [3.8, 4) is 0 Å². The number of hydrogen-bond donors (Lipinski definition) is 5. The van der Waals surface area contributed by atoms with E-state index in [-0.39, 0.29) is 46.7 Å². The molecule has 14 atom stereocenters. The highest BCUT2D eigenvalue weighted by Crippen LogP contribution is 2.68. The standard InChI is InChI=1S/C42H70N2O9/c1-8-34-37(49)36(48)27(4)44(19-9-11-29(45)22-25(2)21-26(3)38(50)53-34)20-10-18-43-39(51)42(52-7)17-15-32-31-13-12-28-23-30(46)14-16-40(28,5)35(31)33(47)24-41(32,42)6/h23,25-27,29,31-37,45,47-49H,8-22,24H2,1-7H3,(H,43,51)/t25-,26+,27+,29+,31?,32?,33-,34+,35?,36+,37+,40-,41-,42-/m0/s1. The monoisotopic (exact) mass is 747 g/mol. The number of methoxy groups -OCH3 is 1. The number of rotatable bonds is 7. The molecule has 0 radical (unpaired) electrons. The lowest BCUT2D eigenvalue weighted by Crippen LogP contribution is -2.64. The first-order chi connectivity index (χ1) is 25.0. The van der Waals surface area contributed by atoms with Crippen LogP contribution in [0.2, 0.25) is 0 Å². The molecule has 4 fully saturated rings. The minimum atomic E-state index is -1.26. The topological polar surface area (TPSA) is 166 Å². The molecule has 11 nitrogen and oxygen atoms in total. The summed E-state index contributed by atoms with van der Waals surface area (Å²) in [6, 6.07) is -0.474. The average molecular weight is 747 g/mol. The second-order valence-electron chi connectivity index (χ2n) is 18.2. The van der Waals surface area contributed by atoms with Crippen LogP contribution in [0.25, 0.3) is 0 Å². The molecule has 5 aliphatic rings. The first kappa shape index (κ1) is 42.3. The molecule has 11 heteroatoms. The number of amides is 1. The van der Waals surface area contributed by atoms with Gasteiger partial charge in [0.05, 0.1) is 24.2 Å². The fourth-order valence-electron chi connectivity index (χ4n) is 11.9. The third-order valence-electron chi connectivity index (χ3n) is 14.9. The number of carbonyl (C=O) groups excluding carboxylic acids is 3. The molecule has 302 valence electrons. The number of aliphatic hydroxyl groups excluding tert-OH is 4. The number of carbonyl (C=O) groups is 3. The van der Waals surface area contributed by atoms with E-state index in [2.05, 4.69) is 24.1 Å². The van der Waals surface area contributed by atoms with E-state index in [1.807, 2.05) is 26.8 Å². The molecule has 3 saturated carbocycles. The number of cyclic esters (lactones) is 1. The van der Waals surface area contributed by atoms with Crippen molar-refractivity contribution in [2.75, 3.05) is 26.7 Å². The second-order valence-corrected chi connectivity index (χ2v) is 18.2. The number of aliphatic hydroxyl groups is 4. The molecule has 1 amide bonds. The summed E-state index contributed by atoms with van der Waals surface area (Å²) < 4.78 is 12.0. The maximum Gasteiger partial charge on any atom is 0.309 e. The Morgan fingerprint density at radius 2 is 1.75 bits per heavy atom. The van der Waals surface area contributed by atoms with E-state index < -0.39 is 53.5 Å². The highest BCUT2D eigenvalue weighted by molar-refractivity contribution is 5.91. The largest absolute Gasteiger partial charge is 0.459 e. The zero-order valence-corrected chi connectivity index (χ0v) is 33.5. The van der Waals surface area contributed by atoms with Crippen LogP contribution in [-0.4, -0.2) is 112 Å². The van der Waals surface area contributed by atoms with Crippen molar-refractivity contribution in [3.63, 3.8) is 0 Å². The van der Waals surface area contributed by atoms with Gasteiger partial charge in [-0.1, -0.05) is 40.2 Å². The van der Waals surface area contributed by atoms with E-state index in [9.17, 15) is 34.8 Å². The Bertz CT molecular complexity index is 1340. The van der Waals surface area contributed by atoms with E-state index in [0.29, 0.717) is 77.4 Å². The summed E-state index contributed by atoms with van der Waals surface area (Å²) in [5.74, 6) is -0.0924. The molecule has 3 unspecified atom stereocenters. The van der Waals surface area contributed by atoms with Crippen LogP contribution in [0.3, 0.4) is 0 Å².